The zero-order chi connectivity index (χ0) is 12.7. The van der Waals surface area contributed by atoms with Crippen molar-refractivity contribution in [2.45, 2.75) is 0 Å². The molecule has 0 atom stereocenters. The van der Waals surface area contributed by atoms with Crippen LogP contribution in [-0.4, -0.2) is 39.2 Å². The molecule has 3 heterocycles. The second kappa shape index (κ2) is 3.73. The van der Waals surface area contributed by atoms with Gasteiger partial charge in [0.05, 0.1) is 17.3 Å². The van der Waals surface area contributed by atoms with Gasteiger partial charge in [0.15, 0.2) is 5.65 Å². The Morgan fingerprint density at radius 1 is 1.22 bits per heavy atom. The molecule has 0 bridgehead atoms. The summed E-state index contributed by atoms with van der Waals surface area (Å²) in [7, 11) is 3.88. The number of hydrogen-bond donors (Lipinski definition) is 3. The summed E-state index contributed by atoms with van der Waals surface area (Å²) in [6, 6.07) is 3.88. The number of H-pyrrole nitrogens is 2. The molecule has 0 amide bonds. The van der Waals surface area contributed by atoms with E-state index in [9.17, 15) is 0 Å². The van der Waals surface area contributed by atoms with Crippen LogP contribution in [0.4, 0.5) is 11.6 Å². The van der Waals surface area contributed by atoms with E-state index in [4.69, 9.17) is 5.73 Å². The van der Waals surface area contributed by atoms with Crippen LogP contribution >= 0.6 is 0 Å². The molecule has 0 aliphatic carbocycles. The van der Waals surface area contributed by atoms with Gasteiger partial charge in [-0.3, -0.25) is 5.10 Å². The molecule has 4 N–H and O–H groups in total. The standard InChI is InChI=1S/C11H13N7/c1-18(2)8-4-3-7-11(15-8)16-10(14-7)6-5-13-17-9(6)12/h3-5H,1-2H3,(H3,12,13,17)(H,14,15,16). The van der Waals surface area contributed by atoms with E-state index in [1.54, 1.807) is 6.20 Å². The molecule has 92 valence electrons. The fraction of sp³-hybridized carbons (Fsp3) is 0.182. The minimum Gasteiger partial charge on any atom is -0.383 e. The molecule has 18 heavy (non-hydrogen) atoms. The third-order valence-corrected chi connectivity index (χ3v) is 2.71. The van der Waals surface area contributed by atoms with Crippen LogP contribution in [0.2, 0.25) is 0 Å². The van der Waals surface area contributed by atoms with Crippen molar-refractivity contribution >= 4 is 22.8 Å². The topological polar surface area (TPSA) is 99.5 Å². The number of pyridine rings is 1. The number of fused-ring (bicyclic) bond motifs is 1. The number of nitrogens with two attached hydrogens (primary N) is 1. The molecule has 0 saturated heterocycles. The van der Waals surface area contributed by atoms with Gasteiger partial charge in [-0.1, -0.05) is 0 Å². The molecule has 0 saturated carbocycles. The average molecular weight is 243 g/mol. The first-order valence-electron chi connectivity index (χ1n) is 5.48. The van der Waals surface area contributed by atoms with E-state index in [1.165, 1.54) is 0 Å². The van der Waals surface area contributed by atoms with E-state index >= 15 is 0 Å². The van der Waals surface area contributed by atoms with Crippen molar-refractivity contribution in [3.05, 3.63) is 18.3 Å². The lowest BCUT2D eigenvalue weighted by atomic mass is 10.3. The lowest BCUT2D eigenvalue weighted by molar-refractivity contribution is 1.08. The molecule has 0 aliphatic heterocycles. The van der Waals surface area contributed by atoms with Crippen LogP contribution < -0.4 is 10.6 Å². The molecular formula is C11H13N7. The van der Waals surface area contributed by atoms with Crippen molar-refractivity contribution in [1.29, 1.82) is 0 Å². The number of nitrogens with one attached hydrogen (secondary N) is 2. The Morgan fingerprint density at radius 3 is 2.72 bits per heavy atom. The van der Waals surface area contributed by atoms with Crippen LogP contribution in [0.25, 0.3) is 22.6 Å². The van der Waals surface area contributed by atoms with E-state index < -0.39 is 0 Å². The maximum atomic E-state index is 5.77. The van der Waals surface area contributed by atoms with Gasteiger partial charge in [-0.25, -0.2) is 9.97 Å². The number of anilines is 2. The van der Waals surface area contributed by atoms with Crippen LogP contribution in [0.3, 0.4) is 0 Å². The van der Waals surface area contributed by atoms with Crippen molar-refractivity contribution < 1.29 is 0 Å². The van der Waals surface area contributed by atoms with E-state index in [0.29, 0.717) is 17.3 Å². The van der Waals surface area contributed by atoms with Crippen LogP contribution in [-0.2, 0) is 0 Å². The molecule has 7 heteroatoms. The quantitative estimate of drug-likeness (QED) is 0.623. The van der Waals surface area contributed by atoms with Gasteiger partial charge in [0.1, 0.15) is 17.5 Å². The number of rotatable bonds is 2. The monoisotopic (exact) mass is 243 g/mol. The molecule has 0 aromatic carbocycles. The molecular weight excluding hydrogens is 230 g/mol. The maximum absolute atomic E-state index is 5.77. The van der Waals surface area contributed by atoms with Crippen LogP contribution in [0.1, 0.15) is 0 Å². The fourth-order valence-electron chi connectivity index (χ4n) is 1.74. The summed E-state index contributed by atoms with van der Waals surface area (Å²) >= 11 is 0. The first kappa shape index (κ1) is 10.6. The predicted octanol–water partition coefficient (Wildman–Crippen LogP) is 0.996. The zero-order valence-corrected chi connectivity index (χ0v) is 10.1. The summed E-state index contributed by atoms with van der Waals surface area (Å²) in [4.78, 5) is 14.0. The minimum absolute atomic E-state index is 0.488. The van der Waals surface area contributed by atoms with Crippen molar-refractivity contribution in [1.82, 2.24) is 25.1 Å². The van der Waals surface area contributed by atoms with Gasteiger partial charge in [-0.05, 0) is 12.1 Å². The van der Waals surface area contributed by atoms with Gasteiger partial charge in [0, 0.05) is 14.1 Å². The number of nitrogen functional groups attached to an aromatic ring is 1. The van der Waals surface area contributed by atoms with Crippen LogP contribution in [0.15, 0.2) is 18.3 Å². The van der Waals surface area contributed by atoms with Gasteiger partial charge in [-0.15, -0.1) is 0 Å². The van der Waals surface area contributed by atoms with E-state index in [1.807, 2.05) is 31.1 Å². The summed E-state index contributed by atoms with van der Waals surface area (Å²) in [5, 5.41) is 6.56. The third kappa shape index (κ3) is 1.56. The molecule has 3 aromatic rings. The first-order valence-corrected chi connectivity index (χ1v) is 5.48. The Morgan fingerprint density at radius 2 is 2.06 bits per heavy atom. The van der Waals surface area contributed by atoms with Crippen molar-refractivity contribution in [3.8, 4) is 11.4 Å². The lowest BCUT2D eigenvalue weighted by Crippen LogP contribution is -2.10. The second-order valence-electron chi connectivity index (χ2n) is 4.22. The summed E-state index contributed by atoms with van der Waals surface area (Å²) < 4.78 is 0. The molecule has 0 fully saturated rings. The molecule has 3 rings (SSSR count). The number of imidazole rings is 1. The lowest BCUT2D eigenvalue weighted by Gasteiger charge is -2.09. The Kier molecular flexibility index (Phi) is 2.19. The van der Waals surface area contributed by atoms with Crippen LogP contribution in [0.5, 0.6) is 0 Å². The highest BCUT2D eigenvalue weighted by Crippen LogP contribution is 2.23. The molecule has 0 radical (unpaired) electrons. The van der Waals surface area contributed by atoms with Crippen LogP contribution in [0, 0.1) is 0 Å². The zero-order valence-electron chi connectivity index (χ0n) is 10.1. The summed E-state index contributed by atoms with van der Waals surface area (Å²) in [5.41, 5.74) is 8.05. The van der Waals surface area contributed by atoms with Gasteiger partial charge in [0.2, 0.25) is 0 Å². The van der Waals surface area contributed by atoms with Crippen molar-refractivity contribution in [2.75, 3.05) is 24.7 Å². The van der Waals surface area contributed by atoms with Crippen molar-refractivity contribution in [2.24, 2.45) is 0 Å². The highest BCUT2D eigenvalue weighted by Gasteiger charge is 2.11. The van der Waals surface area contributed by atoms with Gasteiger partial charge in [0.25, 0.3) is 0 Å². The number of aromatic amines is 2. The highest BCUT2D eigenvalue weighted by atomic mass is 15.2. The van der Waals surface area contributed by atoms with Gasteiger partial charge in [-0.2, -0.15) is 5.10 Å². The Hall–Kier alpha value is -2.57. The Balaban J connectivity index is 2.14. The largest absolute Gasteiger partial charge is 0.383 e. The molecule has 0 spiro atoms. The number of hydrogen-bond acceptors (Lipinski definition) is 5. The number of nitrogens with zero attached hydrogens (tertiary/aromatic N) is 4. The highest BCUT2D eigenvalue weighted by molar-refractivity contribution is 5.79. The Labute approximate surface area is 103 Å². The van der Waals surface area contributed by atoms with E-state index in [0.717, 1.165) is 16.9 Å². The fourth-order valence-corrected chi connectivity index (χ4v) is 1.74. The second-order valence-corrected chi connectivity index (χ2v) is 4.22. The van der Waals surface area contributed by atoms with Crippen molar-refractivity contribution in [3.63, 3.8) is 0 Å². The predicted molar refractivity (Wildman–Crippen MR) is 70.2 cm³/mol. The number of aromatic nitrogens is 5. The maximum Gasteiger partial charge on any atom is 0.180 e. The van der Waals surface area contributed by atoms with Gasteiger partial charge >= 0.3 is 0 Å². The first-order chi connectivity index (χ1) is 8.65. The van der Waals surface area contributed by atoms with Gasteiger partial charge < -0.3 is 15.6 Å². The SMILES string of the molecule is CN(C)c1ccc2[nH]c(-c3cn[nH]c3N)nc2n1. The summed E-state index contributed by atoms with van der Waals surface area (Å²) in [6.07, 6.45) is 1.64. The third-order valence-electron chi connectivity index (χ3n) is 2.71. The molecule has 7 nitrogen and oxygen atoms in total. The Bertz CT molecular complexity index is 694. The smallest absolute Gasteiger partial charge is 0.180 e. The van der Waals surface area contributed by atoms with E-state index in [2.05, 4.69) is 25.1 Å². The molecule has 0 unspecified atom stereocenters. The van der Waals surface area contributed by atoms with E-state index in [-0.39, 0.29) is 0 Å². The molecule has 3 aromatic heterocycles. The minimum atomic E-state index is 0.488. The molecule has 0 aliphatic rings. The normalized spacial score (nSPS) is 11.0. The summed E-state index contributed by atoms with van der Waals surface area (Å²) in [5.74, 6) is 2.02. The average Bonchev–Trinajstić information content (AvgIpc) is 2.92. The summed E-state index contributed by atoms with van der Waals surface area (Å²) in [6.45, 7) is 0.